The summed E-state index contributed by atoms with van der Waals surface area (Å²) in [6, 6.07) is 13.8. The molecule has 3 rings (SSSR count). The standard InChI is InChI=1S/C22H20N2O5S/c1-14-7-3-6-10-18(14)24-19(25)11-20-23-15(13-30-20)12-29-22(27)17-9-5-4-8-16(17)21(26)28-2/h3-10,13H,11-12H2,1-2H3,(H,24,25). The molecule has 1 aromatic heterocycles. The van der Waals surface area contributed by atoms with Crippen molar-refractivity contribution in [1.29, 1.82) is 0 Å². The quantitative estimate of drug-likeness (QED) is 0.580. The summed E-state index contributed by atoms with van der Waals surface area (Å²) in [5.41, 5.74) is 2.53. The van der Waals surface area contributed by atoms with Crippen LogP contribution in [0.15, 0.2) is 53.9 Å². The number of carbonyl (C=O) groups excluding carboxylic acids is 3. The fourth-order valence-corrected chi connectivity index (χ4v) is 3.48. The Hall–Kier alpha value is -3.52. The number of hydrogen-bond acceptors (Lipinski definition) is 7. The number of ether oxygens (including phenoxy) is 2. The lowest BCUT2D eigenvalue weighted by Gasteiger charge is -2.07. The molecule has 1 N–H and O–H groups in total. The minimum Gasteiger partial charge on any atom is -0.465 e. The van der Waals surface area contributed by atoms with E-state index < -0.39 is 11.9 Å². The minimum atomic E-state index is -0.650. The van der Waals surface area contributed by atoms with Crippen LogP contribution in [0.4, 0.5) is 5.69 Å². The Morgan fingerprint density at radius 3 is 2.37 bits per heavy atom. The normalized spacial score (nSPS) is 10.3. The van der Waals surface area contributed by atoms with Crippen molar-refractivity contribution in [2.24, 2.45) is 0 Å². The third-order valence-corrected chi connectivity index (χ3v) is 5.13. The average molecular weight is 424 g/mol. The maximum Gasteiger partial charge on any atom is 0.339 e. The fourth-order valence-electron chi connectivity index (χ4n) is 2.71. The molecule has 30 heavy (non-hydrogen) atoms. The monoisotopic (exact) mass is 424 g/mol. The number of aryl methyl sites for hydroxylation is 1. The van der Waals surface area contributed by atoms with Gasteiger partial charge in [0.2, 0.25) is 5.91 Å². The number of para-hydroxylation sites is 1. The Morgan fingerprint density at radius 1 is 1.00 bits per heavy atom. The summed E-state index contributed by atoms with van der Waals surface area (Å²) in [5, 5.41) is 5.21. The van der Waals surface area contributed by atoms with Crippen LogP contribution in [0.3, 0.4) is 0 Å². The van der Waals surface area contributed by atoms with Crippen molar-refractivity contribution in [1.82, 2.24) is 4.98 Å². The lowest BCUT2D eigenvalue weighted by Crippen LogP contribution is -2.15. The van der Waals surface area contributed by atoms with Gasteiger partial charge in [0.05, 0.1) is 30.4 Å². The predicted octanol–water partition coefficient (Wildman–Crippen LogP) is 3.78. The summed E-state index contributed by atoms with van der Waals surface area (Å²) >= 11 is 1.31. The van der Waals surface area contributed by atoms with Crippen LogP contribution in [0.1, 0.15) is 37.0 Å². The number of nitrogens with zero attached hydrogens (tertiary/aromatic N) is 1. The van der Waals surface area contributed by atoms with Gasteiger partial charge in [-0.3, -0.25) is 4.79 Å². The maximum atomic E-state index is 12.4. The van der Waals surface area contributed by atoms with E-state index >= 15 is 0 Å². The van der Waals surface area contributed by atoms with Gasteiger partial charge >= 0.3 is 11.9 Å². The number of hydrogen-bond donors (Lipinski definition) is 1. The van der Waals surface area contributed by atoms with Crippen LogP contribution >= 0.6 is 11.3 Å². The van der Waals surface area contributed by atoms with Crippen molar-refractivity contribution >= 4 is 34.9 Å². The third kappa shape index (κ3) is 5.30. The zero-order valence-corrected chi connectivity index (χ0v) is 17.3. The molecule has 1 amide bonds. The molecule has 2 aromatic carbocycles. The molecule has 0 aliphatic heterocycles. The molecule has 8 heteroatoms. The van der Waals surface area contributed by atoms with Gasteiger partial charge < -0.3 is 14.8 Å². The van der Waals surface area contributed by atoms with Gasteiger partial charge in [-0.05, 0) is 30.7 Å². The van der Waals surface area contributed by atoms with Crippen LogP contribution in [0, 0.1) is 6.92 Å². The van der Waals surface area contributed by atoms with E-state index in [4.69, 9.17) is 4.74 Å². The first-order valence-corrected chi connectivity index (χ1v) is 9.99. The maximum absolute atomic E-state index is 12.4. The van der Waals surface area contributed by atoms with Crippen LogP contribution in [-0.2, 0) is 27.3 Å². The summed E-state index contributed by atoms with van der Waals surface area (Å²) in [7, 11) is 1.25. The number of esters is 2. The van der Waals surface area contributed by atoms with Crippen LogP contribution in [0.25, 0.3) is 0 Å². The molecule has 0 unspecified atom stereocenters. The molecule has 0 aliphatic rings. The lowest BCUT2D eigenvalue weighted by molar-refractivity contribution is -0.115. The van der Waals surface area contributed by atoms with Crippen molar-refractivity contribution in [2.45, 2.75) is 20.0 Å². The third-order valence-electron chi connectivity index (χ3n) is 4.23. The van der Waals surface area contributed by atoms with E-state index in [1.54, 1.807) is 17.5 Å². The van der Waals surface area contributed by atoms with Crippen molar-refractivity contribution < 1.29 is 23.9 Å². The summed E-state index contributed by atoms with van der Waals surface area (Å²) in [4.78, 5) is 40.7. The summed E-state index contributed by atoms with van der Waals surface area (Å²) < 4.78 is 9.96. The molecular formula is C22H20N2O5S. The second-order valence-electron chi connectivity index (χ2n) is 6.39. The first-order valence-electron chi connectivity index (χ1n) is 9.11. The van der Waals surface area contributed by atoms with Crippen molar-refractivity contribution in [3.63, 3.8) is 0 Å². The molecule has 0 radical (unpaired) electrons. The van der Waals surface area contributed by atoms with Gasteiger partial charge in [0.15, 0.2) is 0 Å². The number of rotatable bonds is 7. The Balaban J connectivity index is 1.57. The highest BCUT2D eigenvalue weighted by molar-refractivity contribution is 7.09. The first kappa shape index (κ1) is 21.2. The van der Waals surface area contributed by atoms with E-state index in [0.29, 0.717) is 10.7 Å². The molecule has 154 valence electrons. The number of amides is 1. The number of nitrogens with one attached hydrogen (secondary N) is 1. The van der Waals surface area contributed by atoms with Crippen molar-refractivity contribution in [3.05, 3.63) is 81.3 Å². The van der Waals surface area contributed by atoms with E-state index in [-0.39, 0.29) is 30.1 Å². The number of benzene rings is 2. The van der Waals surface area contributed by atoms with Gasteiger partial charge in [-0.1, -0.05) is 30.3 Å². The Kier molecular flexibility index (Phi) is 6.92. The van der Waals surface area contributed by atoms with Gasteiger partial charge in [-0.25, -0.2) is 14.6 Å². The molecular weight excluding hydrogens is 404 g/mol. The highest BCUT2D eigenvalue weighted by Gasteiger charge is 2.19. The van der Waals surface area contributed by atoms with Gasteiger partial charge in [-0.15, -0.1) is 11.3 Å². The van der Waals surface area contributed by atoms with Gasteiger partial charge in [0.25, 0.3) is 0 Å². The molecule has 7 nitrogen and oxygen atoms in total. The van der Waals surface area contributed by atoms with Gasteiger partial charge in [0, 0.05) is 11.1 Å². The fraction of sp³-hybridized carbons (Fsp3) is 0.182. The zero-order valence-electron chi connectivity index (χ0n) is 16.5. The van der Waals surface area contributed by atoms with E-state index in [1.165, 1.54) is 30.6 Å². The second kappa shape index (κ2) is 9.80. The predicted molar refractivity (Wildman–Crippen MR) is 113 cm³/mol. The number of methoxy groups -OCH3 is 1. The molecule has 0 spiro atoms. The number of carbonyl (C=O) groups is 3. The Bertz CT molecular complexity index is 1080. The highest BCUT2D eigenvalue weighted by Crippen LogP contribution is 2.17. The topological polar surface area (TPSA) is 94.6 Å². The largest absolute Gasteiger partial charge is 0.465 e. The second-order valence-corrected chi connectivity index (χ2v) is 7.33. The molecule has 0 bridgehead atoms. The number of anilines is 1. The molecule has 1 heterocycles. The Labute approximate surface area is 177 Å². The molecule has 0 aliphatic carbocycles. The lowest BCUT2D eigenvalue weighted by atomic mass is 10.1. The molecule has 0 atom stereocenters. The smallest absolute Gasteiger partial charge is 0.339 e. The summed E-state index contributed by atoms with van der Waals surface area (Å²) in [6.45, 7) is 1.86. The average Bonchev–Trinajstić information content (AvgIpc) is 3.20. The molecule has 0 saturated heterocycles. The number of aromatic nitrogens is 1. The zero-order chi connectivity index (χ0) is 21.5. The first-order chi connectivity index (χ1) is 14.5. The highest BCUT2D eigenvalue weighted by atomic mass is 32.1. The minimum absolute atomic E-state index is 0.0652. The van der Waals surface area contributed by atoms with Gasteiger partial charge in [0.1, 0.15) is 11.6 Å². The van der Waals surface area contributed by atoms with E-state index in [9.17, 15) is 14.4 Å². The SMILES string of the molecule is COC(=O)c1ccccc1C(=O)OCc1csc(CC(=O)Nc2ccccc2C)n1. The van der Waals surface area contributed by atoms with E-state index in [1.807, 2.05) is 31.2 Å². The van der Waals surface area contributed by atoms with Crippen molar-refractivity contribution in [2.75, 3.05) is 12.4 Å². The van der Waals surface area contributed by atoms with Crippen LogP contribution in [0.5, 0.6) is 0 Å². The van der Waals surface area contributed by atoms with Crippen molar-refractivity contribution in [3.8, 4) is 0 Å². The number of thiazole rings is 1. The van der Waals surface area contributed by atoms with Crippen LogP contribution in [0.2, 0.25) is 0 Å². The molecule has 0 fully saturated rings. The van der Waals surface area contributed by atoms with E-state index in [0.717, 1.165) is 11.3 Å². The van der Waals surface area contributed by atoms with E-state index in [2.05, 4.69) is 15.0 Å². The van der Waals surface area contributed by atoms with Crippen LogP contribution < -0.4 is 5.32 Å². The Morgan fingerprint density at radius 2 is 1.67 bits per heavy atom. The molecule has 3 aromatic rings. The van der Waals surface area contributed by atoms with Crippen LogP contribution in [-0.4, -0.2) is 29.9 Å². The van der Waals surface area contributed by atoms with Gasteiger partial charge in [-0.2, -0.15) is 0 Å². The summed E-state index contributed by atoms with van der Waals surface area (Å²) in [5.74, 6) is -1.43. The molecule has 0 saturated carbocycles. The summed E-state index contributed by atoms with van der Waals surface area (Å²) in [6.07, 6.45) is 0.123.